The fourth-order valence-corrected chi connectivity index (χ4v) is 4.07. The van der Waals surface area contributed by atoms with Gasteiger partial charge < -0.3 is 15.0 Å². The fraction of sp³-hybridized carbons (Fsp3) is 0.316. The summed E-state index contributed by atoms with van der Waals surface area (Å²) in [6.45, 7) is 0.765. The maximum absolute atomic E-state index is 12.3. The summed E-state index contributed by atoms with van der Waals surface area (Å²) in [6, 6.07) is 13.3. The highest BCUT2D eigenvalue weighted by atomic mass is 32.2. The van der Waals surface area contributed by atoms with Gasteiger partial charge in [-0.05, 0) is 18.2 Å². The molecule has 1 aromatic heterocycles. The zero-order chi connectivity index (χ0) is 18.4. The van der Waals surface area contributed by atoms with Gasteiger partial charge >= 0.3 is 0 Å². The van der Waals surface area contributed by atoms with Gasteiger partial charge in [0.2, 0.25) is 11.8 Å². The van der Waals surface area contributed by atoms with Crippen molar-refractivity contribution in [3.05, 3.63) is 59.9 Å². The van der Waals surface area contributed by atoms with Crippen molar-refractivity contribution < 1.29 is 14.3 Å². The Balaban J connectivity index is 1.58. The second kappa shape index (κ2) is 8.71. The van der Waals surface area contributed by atoms with Crippen LogP contribution in [0.1, 0.15) is 23.1 Å². The van der Waals surface area contributed by atoms with Crippen LogP contribution >= 0.6 is 11.8 Å². The molecular weight excluding hydrogens is 350 g/mol. The molecular formula is C19H21N3O3S. The van der Waals surface area contributed by atoms with Crippen molar-refractivity contribution in [2.45, 2.75) is 18.3 Å². The highest BCUT2D eigenvalue weighted by Gasteiger charge is 2.34. The molecule has 0 aliphatic carbocycles. The van der Waals surface area contributed by atoms with E-state index in [0.717, 1.165) is 17.0 Å². The molecule has 26 heavy (non-hydrogen) atoms. The molecule has 2 aromatic rings. The van der Waals surface area contributed by atoms with Gasteiger partial charge in [0.1, 0.15) is 11.1 Å². The second-order valence-electron chi connectivity index (χ2n) is 5.84. The van der Waals surface area contributed by atoms with Gasteiger partial charge in [0, 0.05) is 24.7 Å². The van der Waals surface area contributed by atoms with Crippen molar-refractivity contribution in [2.24, 2.45) is 0 Å². The lowest BCUT2D eigenvalue weighted by Gasteiger charge is -2.25. The van der Waals surface area contributed by atoms with Gasteiger partial charge in [0.25, 0.3) is 0 Å². The van der Waals surface area contributed by atoms with E-state index < -0.39 is 0 Å². The Bertz CT molecular complexity index is 770. The number of rotatable bonds is 7. The first kappa shape index (κ1) is 18.3. The molecule has 136 valence electrons. The lowest BCUT2D eigenvalue weighted by molar-refractivity contribution is -0.129. The van der Waals surface area contributed by atoms with Gasteiger partial charge in [-0.25, -0.2) is 0 Å². The smallest absolute Gasteiger partial charge is 0.233 e. The Labute approximate surface area is 156 Å². The molecule has 1 N–H and O–H groups in total. The average molecular weight is 371 g/mol. The number of carbonyl (C=O) groups excluding carboxylic acids is 2. The molecule has 2 amide bonds. The van der Waals surface area contributed by atoms with E-state index in [1.54, 1.807) is 30.0 Å². The van der Waals surface area contributed by atoms with Gasteiger partial charge in [-0.2, -0.15) is 0 Å². The summed E-state index contributed by atoms with van der Waals surface area (Å²) in [7, 11) is 1.62. The van der Waals surface area contributed by atoms with Gasteiger partial charge in [-0.3, -0.25) is 14.6 Å². The van der Waals surface area contributed by atoms with Crippen LogP contribution in [0.3, 0.4) is 0 Å². The minimum atomic E-state index is -0.123. The number of carbonyl (C=O) groups is 2. The number of pyridine rings is 1. The minimum Gasteiger partial charge on any atom is -0.496 e. The lowest BCUT2D eigenvalue weighted by atomic mass is 10.1. The molecule has 1 aliphatic rings. The highest BCUT2D eigenvalue weighted by molar-refractivity contribution is 8.00. The number of hydrogen-bond donors (Lipinski definition) is 1. The largest absolute Gasteiger partial charge is 0.496 e. The summed E-state index contributed by atoms with van der Waals surface area (Å²) in [4.78, 5) is 30.3. The molecule has 0 radical (unpaired) electrons. The van der Waals surface area contributed by atoms with Crippen molar-refractivity contribution in [2.75, 3.05) is 19.4 Å². The molecule has 1 fully saturated rings. The molecule has 7 heteroatoms. The monoisotopic (exact) mass is 371 g/mol. The number of thioether (sulfide) groups is 1. The molecule has 2 heterocycles. The summed E-state index contributed by atoms with van der Waals surface area (Å²) in [6.07, 6.45) is 1.95. The second-order valence-corrected chi connectivity index (χ2v) is 6.91. The predicted molar refractivity (Wildman–Crippen MR) is 101 cm³/mol. The van der Waals surface area contributed by atoms with Crippen molar-refractivity contribution in [3.63, 3.8) is 0 Å². The van der Waals surface area contributed by atoms with Gasteiger partial charge in [0.15, 0.2) is 0 Å². The minimum absolute atomic E-state index is 0.0448. The number of methoxy groups -OCH3 is 1. The predicted octanol–water partition coefficient (Wildman–Crippen LogP) is 2.37. The number of hydrogen-bond acceptors (Lipinski definition) is 5. The van der Waals surface area contributed by atoms with E-state index in [1.165, 1.54) is 0 Å². The molecule has 3 rings (SSSR count). The fourth-order valence-electron chi connectivity index (χ4n) is 2.83. The van der Waals surface area contributed by atoms with Crippen molar-refractivity contribution in [1.29, 1.82) is 0 Å². The van der Waals surface area contributed by atoms with Crippen molar-refractivity contribution in [3.8, 4) is 5.75 Å². The number of amides is 2. The van der Waals surface area contributed by atoms with Crippen LogP contribution in [-0.2, 0) is 16.1 Å². The normalized spacial score (nSPS) is 16.6. The lowest BCUT2D eigenvalue weighted by Crippen LogP contribution is -2.33. The SMILES string of the molecule is COc1ccccc1C1SCC(=O)N1CCC(=O)NCc1ccccn1. The molecule has 1 saturated heterocycles. The highest BCUT2D eigenvalue weighted by Crippen LogP contribution is 2.42. The quantitative estimate of drug-likeness (QED) is 0.809. The third kappa shape index (κ3) is 4.35. The maximum atomic E-state index is 12.3. The van der Waals surface area contributed by atoms with E-state index in [9.17, 15) is 9.59 Å². The molecule has 0 spiro atoms. The number of nitrogens with one attached hydrogen (secondary N) is 1. The Hall–Kier alpha value is -2.54. The Morgan fingerprint density at radius 2 is 2.12 bits per heavy atom. The van der Waals surface area contributed by atoms with Crippen LogP contribution in [-0.4, -0.2) is 41.1 Å². The van der Waals surface area contributed by atoms with Gasteiger partial charge in [-0.15, -0.1) is 11.8 Å². The Morgan fingerprint density at radius 1 is 1.31 bits per heavy atom. The van der Waals surface area contributed by atoms with E-state index in [0.29, 0.717) is 18.8 Å². The van der Waals surface area contributed by atoms with E-state index in [4.69, 9.17) is 4.74 Å². The number of ether oxygens (including phenoxy) is 1. The molecule has 6 nitrogen and oxygen atoms in total. The van der Waals surface area contributed by atoms with E-state index in [1.807, 2.05) is 42.5 Å². The number of aromatic nitrogens is 1. The molecule has 1 atom stereocenters. The van der Waals surface area contributed by atoms with Crippen LogP contribution in [0.2, 0.25) is 0 Å². The zero-order valence-electron chi connectivity index (χ0n) is 14.6. The van der Waals surface area contributed by atoms with Crippen LogP contribution in [0.15, 0.2) is 48.7 Å². The summed E-state index contributed by atoms with van der Waals surface area (Å²) >= 11 is 1.56. The number of benzene rings is 1. The van der Waals surface area contributed by atoms with Crippen molar-refractivity contribution in [1.82, 2.24) is 15.2 Å². The summed E-state index contributed by atoms with van der Waals surface area (Å²) in [5.74, 6) is 1.12. The van der Waals surface area contributed by atoms with Crippen LogP contribution in [0.5, 0.6) is 5.75 Å². The summed E-state index contributed by atoms with van der Waals surface area (Å²) < 4.78 is 5.42. The average Bonchev–Trinajstić information content (AvgIpc) is 3.05. The first-order valence-electron chi connectivity index (χ1n) is 8.39. The Kier molecular flexibility index (Phi) is 6.12. The Morgan fingerprint density at radius 3 is 2.88 bits per heavy atom. The maximum Gasteiger partial charge on any atom is 0.233 e. The third-order valence-electron chi connectivity index (χ3n) is 4.15. The first-order valence-corrected chi connectivity index (χ1v) is 9.44. The zero-order valence-corrected chi connectivity index (χ0v) is 15.4. The van der Waals surface area contributed by atoms with E-state index in [-0.39, 0.29) is 23.6 Å². The molecule has 0 bridgehead atoms. The summed E-state index contributed by atoms with van der Waals surface area (Å²) in [5.41, 5.74) is 1.76. The van der Waals surface area contributed by atoms with Crippen LogP contribution in [0, 0.1) is 0 Å². The third-order valence-corrected chi connectivity index (χ3v) is 5.38. The summed E-state index contributed by atoms with van der Waals surface area (Å²) in [5, 5.41) is 2.72. The van der Waals surface area contributed by atoms with Crippen LogP contribution in [0.25, 0.3) is 0 Å². The van der Waals surface area contributed by atoms with Gasteiger partial charge in [0.05, 0.1) is 25.1 Å². The first-order chi connectivity index (χ1) is 12.7. The molecule has 1 unspecified atom stereocenters. The van der Waals surface area contributed by atoms with Gasteiger partial charge in [-0.1, -0.05) is 24.3 Å². The molecule has 1 aliphatic heterocycles. The number of para-hydroxylation sites is 1. The topological polar surface area (TPSA) is 71.5 Å². The van der Waals surface area contributed by atoms with Crippen LogP contribution in [0.4, 0.5) is 0 Å². The van der Waals surface area contributed by atoms with E-state index in [2.05, 4.69) is 10.3 Å². The molecule has 0 saturated carbocycles. The number of nitrogens with zero attached hydrogens (tertiary/aromatic N) is 2. The van der Waals surface area contributed by atoms with Crippen molar-refractivity contribution >= 4 is 23.6 Å². The standard InChI is InChI=1S/C19H21N3O3S/c1-25-16-8-3-2-7-15(16)19-22(18(24)13-26-19)11-9-17(23)21-12-14-6-4-5-10-20-14/h2-8,10,19H,9,11-13H2,1H3,(H,21,23). The van der Waals surface area contributed by atoms with E-state index >= 15 is 0 Å². The van der Waals surface area contributed by atoms with Crippen LogP contribution < -0.4 is 10.1 Å². The molecule has 1 aromatic carbocycles.